The molecule has 78 valence electrons. The zero-order chi connectivity index (χ0) is 10.9. The lowest BCUT2D eigenvalue weighted by Gasteiger charge is -2.05. The summed E-state index contributed by atoms with van der Waals surface area (Å²) in [6, 6.07) is 0. The van der Waals surface area contributed by atoms with Crippen molar-refractivity contribution < 1.29 is 8.42 Å². The first-order valence-electron chi connectivity index (χ1n) is 3.61. The van der Waals surface area contributed by atoms with Crippen molar-refractivity contribution >= 4 is 33.0 Å². The molecule has 0 saturated carbocycles. The van der Waals surface area contributed by atoms with Gasteiger partial charge in [-0.05, 0) is 0 Å². The van der Waals surface area contributed by atoms with Crippen molar-refractivity contribution in [3.8, 4) is 0 Å². The van der Waals surface area contributed by atoms with E-state index in [-0.39, 0.29) is 10.8 Å². The van der Waals surface area contributed by atoms with Crippen molar-refractivity contribution in [2.24, 2.45) is 12.8 Å². The number of nitrogens with two attached hydrogens (primary N) is 1. The summed E-state index contributed by atoms with van der Waals surface area (Å²) in [7, 11) is -1.76. The third-order valence-electron chi connectivity index (χ3n) is 1.49. The molecule has 1 heterocycles. The molecule has 0 bridgehead atoms. The number of sulfonamides is 1. The van der Waals surface area contributed by atoms with Gasteiger partial charge in [0.25, 0.3) is 0 Å². The Labute approximate surface area is 87.1 Å². The molecule has 3 N–H and O–H groups in total. The second-order valence-electron chi connectivity index (χ2n) is 2.77. The molecule has 0 amide bonds. The van der Waals surface area contributed by atoms with Gasteiger partial charge in [0, 0.05) is 7.05 Å². The predicted molar refractivity (Wildman–Crippen MR) is 57.6 cm³/mol. The second-order valence-corrected chi connectivity index (χ2v) is 4.96. The normalized spacial score (nSPS) is 11.3. The number of thiocarbonyl (C=S) groups is 1. The van der Waals surface area contributed by atoms with Crippen molar-refractivity contribution in [3.05, 3.63) is 11.8 Å². The number of anilines is 1. The van der Waals surface area contributed by atoms with Gasteiger partial charge in [0.1, 0.15) is 10.8 Å². The quantitative estimate of drug-likeness (QED) is 0.683. The maximum Gasteiger partial charge on any atom is 0.230 e. The van der Waals surface area contributed by atoms with Gasteiger partial charge < -0.3 is 5.73 Å². The molecular weight excluding hydrogens is 224 g/mol. The van der Waals surface area contributed by atoms with E-state index in [1.165, 1.54) is 10.9 Å². The number of hydrogen-bond donors (Lipinski definition) is 2. The molecule has 0 atom stereocenters. The Morgan fingerprint density at radius 1 is 1.71 bits per heavy atom. The largest absolute Gasteiger partial charge is 0.389 e. The molecule has 0 unspecified atom stereocenters. The monoisotopic (exact) mass is 234 g/mol. The van der Waals surface area contributed by atoms with Crippen LogP contribution in [0.4, 0.5) is 5.82 Å². The highest BCUT2D eigenvalue weighted by Gasteiger charge is 2.13. The third kappa shape index (κ3) is 2.42. The van der Waals surface area contributed by atoms with Crippen LogP contribution < -0.4 is 10.5 Å². The van der Waals surface area contributed by atoms with Crippen LogP contribution in [0.15, 0.2) is 6.20 Å². The van der Waals surface area contributed by atoms with E-state index in [0.717, 1.165) is 6.26 Å². The molecule has 14 heavy (non-hydrogen) atoms. The van der Waals surface area contributed by atoms with E-state index >= 15 is 0 Å². The van der Waals surface area contributed by atoms with Gasteiger partial charge in [-0.1, -0.05) is 12.2 Å². The number of rotatable bonds is 3. The topological polar surface area (TPSA) is 90.0 Å². The second kappa shape index (κ2) is 3.54. The SMILES string of the molecule is Cn1ncc(C(N)=S)c1NS(C)(=O)=O. The Morgan fingerprint density at radius 2 is 2.29 bits per heavy atom. The highest BCUT2D eigenvalue weighted by Crippen LogP contribution is 2.14. The average molecular weight is 234 g/mol. The first-order chi connectivity index (χ1) is 6.31. The predicted octanol–water partition coefficient (Wildman–Crippen LogP) is -0.574. The molecule has 0 radical (unpaired) electrons. The third-order valence-corrected chi connectivity index (χ3v) is 2.27. The summed E-state index contributed by atoms with van der Waals surface area (Å²) in [5.74, 6) is 0.278. The minimum atomic E-state index is -3.35. The van der Waals surface area contributed by atoms with Gasteiger partial charge in [-0.15, -0.1) is 0 Å². The molecule has 0 fully saturated rings. The molecule has 1 rings (SSSR count). The van der Waals surface area contributed by atoms with Crippen LogP contribution in [0.3, 0.4) is 0 Å². The number of hydrogen-bond acceptors (Lipinski definition) is 4. The fourth-order valence-corrected chi connectivity index (χ4v) is 1.66. The molecule has 1 aromatic heterocycles. The lowest BCUT2D eigenvalue weighted by molar-refractivity contribution is 0.606. The highest BCUT2D eigenvalue weighted by molar-refractivity contribution is 7.92. The summed E-state index contributed by atoms with van der Waals surface area (Å²) in [6.07, 6.45) is 2.46. The van der Waals surface area contributed by atoms with Gasteiger partial charge in [-0.25, -0.2) is 8.42 Å². The first kappa shape index (κ1) is 10.9. The zero-order valence-electron chi connectivity index (χ0n) is 7.68. The van der Waals surface area contributed by atoms with E-state index in [0.29, 0.717) is 5.56 Å². The van der Waals surface area contributed by atoms with Gasteiger partial charge in [-0.2, -0.15) is 5.10 Å². The average Bonchev–Trinajstić information content (AvgIpc) is 2.29. The number of aryl methyl sites for hydroxylation is 1. The van der Waals surface area contributed by atoms with Gasteiger partial charge >= 0.3 is 0 Å². The number of aromatic nitrogens is 2. The summed E-state index contributed by atoms with van der Waals surface area (Å²) in [4.78, 5) is 0.101. The van der Waals surface area contributed by atoms with Gasteiger partial charge in [0.2, 0.25) is 10.0 Å². The van der Waals surface area contributed by atoms with Crippen molar-refractivity contribution in [1.29, 1.82) is 0 Å². The van der Waals surface area contributed by atoms with E-state index in [4.69, 9.17) is 18.0 Å². The Bertz CT molecular complexity index is 462. The Kier molecular flexibility index (Phi) is 2.76. The van der Waals surface area contributed by atoms with E-state index in [1.54, 1.807) is 7.05 Å². The minimum absolute atomic E-state index is 0.101. The van der Waals surface area contributed by atoms with Crippen LogP contribution in [0.2, 0.25) is 0 Å². The van der Waals surface area contributed by atoms with Crippen LogP contribution in [-0.4, -0.2) is 29.4 Å². The first-order valence-corrected chi connectivity index (χ1v) is 5.91. The van der Waals surface area contributed by atoms with E-state index in [2.05, 4.69) is 9.82 Å². The molecular formula is C6H10N4O2S2. The molecule has 0 saturated heterocycles. The lowest BCUT2D eigenvalue weighted by atomic mass is 10.3. The fraction of sp³-hybridized carbons (Fsp3) is 0.333. The molecule has 8 heteroatoms. The fourth-order valence-electron chi connectivity index (χ4n) is 0.914. The summed E-state index contributed by atoms with van der Waals surface area (Å²) in [5.41, 5.74) is 5.80. The van der Waals surface area contributed by atoms with Crippen LogP contribution in [0, 0.1) is 0 Å². The molecule has 0 aliphatic heterocycles. The van der Waals surface area contributed by atoms with Gasteiger partial charge in [0.05, 0.1) is 18.0 Å². The molecule has 0 aliphatic rings. The molecule has 0 spiro atoms. The number of nitrogens with zero attached hydrogens (tertiary/aromatic N) is 2. The highest BCUT2D eigenvalue weighted by atomic mass is 32.2. The Hall–Kier alpha value is -1.15. The Morgan fingerprint density at radius 3 is 2.71 bits per heavy atom. The maximum absolute atomic E-state index is 11.0. The van der Waals surface area contributed by atoms with E-state index in [1.807, 2.05) is 0 Å². The van der Waals surface area contributed by atoms with Crippen molar-refractivity contribution in [1.82, 2.24) is 9.78 Å². The van der Waals surface area contributed by atoms with Crippen LogP contribution >= 0.6 is 12.2 Å². The summed E-state index contributed by atoms with van der Waals surface area (Å²) in [5, 5.41) is 3.84. The molecule has 0 aliphatic carbocycles. The maximum atomic E-state index is 11.0. The lowest BCUT2D eigenvalue weighted by Crippen LogP contribution is -2.17. The molecule has 0 aromatic carbocycles. The van der Waals surface area contributed by atoms with Crippen LogP contribution in [0.5, 0.6) is 0 Å². The summed E-state index contributed by atoms with van der Waals surface area (Å²) >= 11 is 4.74. The minimum Gasteiger partial charge on any atom is -0.389 e. The number of nitrogens with one attached hydrogen (secondary N) is 1. The van der Waals surface area contributed by atoms with E-state index < -0.39 is 10.0 Å². The van der Waals surface area contributed by atoms with Gasteiger partial charge in [-0.3, -0.25) is 9.40 Å². The van der Waals surface area contributed by atoms with Crippen molar-refractivity contribution in [3.63, 3.8) is 0 Å². The van der Waals surface area contributed by atoms with Crippen molar-refractivity contribution in [2.75, 3.05) is 11.0 Å². The van der Waals surface area contributed by atoms with Crippen LogP contribution in [0.1, 0.15) is 5.56 Å². The van der Waals surface area contributed by atoms with E-state index in [9.17, 15) is 8.42 Å². The standard InChI is InChI=1S/C6H10N4O2S2/c1-10-6(9-14(2,11)12)4(3-8-10)5(7)13/h3,9H,1-2H3,(H2,7,13). The molecule has 1 aromatic rings. The summed E-state index contributed by atoms with van der Waals surface area (Å²) in [6.45, 7) is 0. The zero-order valence-corrected chi connectivity index (χ0v) is 9.32. The van der Waals surface area contributed by atoms with Gasteiger partial charge in [0.15, 0.2) is 0 Å². The van der Waals surface area contributed by atoms with Crippen LogP contribution in [-0.2, 0) is 17.1 Å². The van der Waals surface area contributed by atoms with Crippen LogP contribution in [0.25, 0.3) is 0 Å². The van der Waals surface area contributed by atoms with Crippen molar-refractivity contribution in [2.45, 2.75) is 0 Å². The molecule has 6 nitrogen and oxygen atoms in total. The smallest absolute Gasteiger partial charge is 0.230 e. The summed E-state index contributed by atoms with van der Waals surface area (Å²) < 4.78 is 25.6. The Balaban J connectivity index is 3.19.